The molecule has 15 heavy (non-hydrogen) atoms. The molecule has 5 nitrogen and oxygen atoms in total. The van der Waals surface area contributed by atoms with Gasteiger partial charge in [-0.3, -0.25) is 4.79 Å². The number of carboxylic acids is 1. The van der Waals surface area contributed by atoms with Crippen molar-refractivity contribution in [3.8, 4) is 0 Å². The van der Waals surface area contributed by atoms with Gasteiger partial charge in [-0.05, 0) is 12.8 Å². The molecule has 1 amide bonds. The Bertz CT molecular complexity index is 227. The number of carboxylic acid groups (broad SMARTS) is 1. The van der Waals surface area contributed by atoms with Gasteiger partial charge >= 0.3 is 12.1 Å². The predicted octanol–water partition coefficient (Wildman–Crippen LogP) is 1.50. The third-order valence-corrected chi connectivity index (χ3v) is 1.77. The number of rotatable bonds is 7. The van der Waals surface area contributed by atoms with Crippen molar-refractivity contribution in [1.82, 2.24) is 4.90 Å². The SMILES string of the molecule is C=CCOC(=O)N(C)CCCCC(=O)O. The van der Waals surface area contributed by atoms with Crippen LogP contribution < -0.4 is 0 Å². The van der Waals surface area contributed by atoms with E-state index in [9.17, 15) is 9.59 Å². The zero-order valence-electron chi connectivity index (χ0n) is 8.94. The molecule has 0 saturated carbocycles. The number of ether oxygens (including phenoxy) is 1. The monoisotopic (exact) mass is 215 g/mol. The number of carbonyl (C=O) groups is 2. The van der Waals surface area contributed by atoms with Crippen molar-refractivity contribution in [2.24, 2.45) is 0 Å². The van der Waals surface area contributed by atoms with E-state index in [1.807, 2.05) is 0 Å². The third kappa shape index (κ3) is 7.54. The molecule has 1 N–H and O–H groups in total. The maximum Gasteiger partial charge on any atom is 0.409 e. The van der Waals surface area contributed by atoms with E-state index in [4.69, 9.17) is 9.84 Å². The van der Waals surface area contributed by atoms with Gasteiger partial charge in [0.2, 0.25) is 0 Å². The van der Waals surface area contributed by atoms with Crippen LogP contribution in [0.1, 0.15) is 19.3 Å². The lowest BCUT2D eigenvalue weighted by atomic mass is 10.2. The summed E-state index contributed by atoms with van der Waals surface area (Å²) in [6.45, 7) is 4.12. The summed E-state index contributed by atoms with van der Waals surface area (Å²) < 4.78 is 4.78. The van der Waals surface area contributed by atoms with E-state index in [2.05, 4.69) is 6.58 Å². The zero-order valence-corrected chi connectivity index (χ0v) is 8.94. The van der Waals surface area contributed by atoms with Gasteiger partial charge in [0.05, 0.1) is 0 Å². The van der Waals surface area contributed by atoms with Crippen LogP contribution in [0.5, 0.6) is 0 Å². The van der Waals surface area contributed by atoms with Crippen molar-refractivity contribution >= 4 is 12.1 Å². The maximum atomic E-state index is 11.2. The predicted molar refractivity (Wildman–Crippen MR) is 55.7 cm³/mol. The summed E-state index contributed by atoms with van der Waals surface area (Å²) in [7, 11) is 1.62. The molecule has 0 heterocycles. The number of aliphatic carboxylic acids is 1. The van der Waals surface area contributed by atoms with Gasteiger partial charge in [-0.1, -0.05) is 12.7 Å². The van der Waals surface area contributed by atoms with Crippen LogP contribution in [0, 0.1) is 0 Å². The molecule has 86 valence electrons. The third-order valence-electron chi connectivity index (χ3n) is 1.77. The molecule has 0 aliphatic heterocycles. The van der Waals surface area contributed by atoms with Gasteiger partial charge in [-0.2, -0.15) is 0 Å². The summed E-state index contributed by atoms with van der Waals surface area (Å²) in [5.41, 5.74) is 0. The van der Waals surface area contributed by atoms with Crippen molar-refractivity contribution in [3.63, 3.8) is 0 Å². The summed E-state index contributed by atoms with van der Waals surface area (Å²) >= 11 is 0. The van der Waals surface area contributed by atoms with Gasteiger partial charge in [0, 0.05) is 20.0 Å². The molecular weight excluding hydrogens is 198 g/mol. The molecule has 0 aliphatic rings. The Morgan fingerprint density at radius 3 is 2.67 bits per heavy atom. The Balaban J connectivity index is 3.54. The fourth-order valence-corrected chi connectivity index (χ4v) is 0.957. The maximum absolute atomic E-state index is 11.2. The average molecular weight is 215 g/mol. The molecule has 0 rings (SSSR count). The Labute approximate surface area is 89.3 Å². The first-order chi connectivity index (χ1) is 7.07. The van der Waals surface area contributed by atoms with Crippen molar-refractivity contribution in [3.05, 3.63) is 12.7 Å². The molecular formula is C10H17NO4. The number of hydrogen-bond donors (Lipinski definition) is 1. The summed E-state index contributed by atoms with van der Waals surface area (Å²) in [6, 6.07) is 0. The van der Waals surface area contributed by atoms with Crippen molar-refractivity contribution in [2.75, 3.05) is 20.2 Å². The highest BCUT2D eigenvalue weighted by Crippen LogP contribution is 1.99. The highest BCUT2D eigenvalue weighted by Gasteiger charge is 2.08. The van der Waals surface area contributed by atoms with Crippen LogP contribution in [-0.4, -0.2) is 42.3 Å². The minimum atomic E-state index is -0.813. The van der Waals surface area contributed by atoms with Gasteiger partial charge < -0.3 is 14.7 Å². The van der Waals surface area contributed by atoms with Crippen molar-refractivity contribution in [1.29, 1.82) is 0 Å². The molecule has 0 radical (unpaired) electrons. The van der Waals surface area contributed by atoms with E-state index >= 15 is 0 Å². The van der Waals surface area contributed by atoms with Gasteiger partial charge in [0.1, 0.15) is 6.61 Å². The standard InChI is InChI=1S/C10H17NO4/c1-3-8-15-10(14)11(2)7-5-4-6-9(12)13/h3H,1,4-8H2,2H3,(H,12,13). The van der Waals surface area contributed by atoms with E-state index < -0.39 is 12.1 Å². The van der Waals surface area contributed by atoms with E-state index in [0.717, 1.165) is 0 Å². The second kappa shape index (κ2) is 7.84. The molecule has 0 bridgehead atoms. The summed E-state index contributed by atoms with van der Waals surface area (Å²) in [5.74, 6) is -0.813. The number of hydrogen-bond acceptors (Lipinski definition) is 3. The second-order valence-corrected chi connectivity index (χ2v) is 3.14. The van der Waals surface area contributed by atoms with E-state index in [1.54, 1.807) is 7.05 Å². The first kappa shape index (κ1) is 13.5. The lowest BCUT2D eigenvalue weighted by molar-refractivity contribution is -0.137. The molecule has 0 atom stereocenters. The molecule has 0 saturated heterocycles. The highest BCUT2D eigenvalue weighted by molar-refractivity contribution is 5.67. The highest BCUT2D eigenvalue weighted by atomic mass is 16.6. The number of carbonyl (C=O) groups excluding carboxylic acids is 1. The van der Waals surface area contributed by atoms with Gasteiger partial charge in [-0.25, -0.2) is 4.79 Å². The van der Waals surface area contributed by atoms with Crippen LogP contribution in [0.15, 0.2) is 12.7 Å². The molecule has 0 spiro atoms. The van der Waals surface area contributed by atoms with E-state index in [1.165, 1.54) is 11.0 Å². The Hall–Kier alpha value is -1.52. The Morgan fingerprint density at radius 2 is 2.13 bits per heavy atom. The molecule has 0 unspecified atom stereocenters. The summed E-state index contributed by atoms with van der Waals surface area (Å²) in [5, 5.41) is 8.39. The Morgan fingerprint density at radius 1 is 1.47 bits per heavy atom. The first-order valence-corrected chi connectivity index (χ1v) is 4.78. The van der Waals surface area contributed by atoms with Crippen molar-refractivity contribution in [2.45, 2.75) is 19.3 Å². The largest absolute Gasteiger partial charge is 0.481 e. The van der Waals surface area contributed by atoms with Crippen LogP contribution in [0.25, 0.3) is 0 Å². The molecule has 0 fully saturated rings. The zero-order chi connectivity index (χ0) is 11.7. The minimum Gasteiger partial charge on any atom is -0.481 e. The lowest BCUT2D eigenvalue weighted by Crippen LogP contribution is -2.28. The van der Waals surface area contributed by atoms with E-state index in [0.29, 0.717) is 19.4 Å². The molecule has 0 aliphatic carbocycles. The van der Waals surface area contributed by atoms with E-state index in [-0.39, 0.29) is 13.0 Å². The van der Waals surface area contributed by atoms with Crippen LogP contribution >= 0.6 is 0 Å². The quantitative estimate of drug-likeness (QED) is 0.516. The van der Waals surface area contributed by atoms with Crippen LogP contribution in [0.4, 0.5) is 4.79 Å². The summed E-state index contributed by atoms with van der Waals surface area (Å²) in [6.07, 6.45) is 2.44. The smallest absolute Gasteiger partial charge is 0.409 e. The van der Waals surface area contributed by atoms with Crippen molar-refractivity contribution < 1.29 is 19.4 Å². The van der Waals surface area contributed by atoms with Gasteiger partial charge in [-0.15, -0.1) is 0 Å². The molecule has 0 aromatic carbocycles. The fourth-order valence-electron chi connectivity index (χ4n) is 0.957. The van der Waals surface area contributed by atoms with Gasteiger partial charge in [0.15, 0.2) is 0 Å². The number of nitrogens with zero attached hydrogens (tertiary/aromatic N) is 1. The Kier molecular flexibility index (Phi) is 7.05. The number of amides is 1. The topological polar surface area (TPSA) is 66.8 Å². The van der Waals surface area contributed by atoms with Crippen LogP contribution in [-0.2, 0) is 9.53 Å². The molecule has 0 aromatic heterocycles. The fraction of sp³-hybridized carbons (Fsp3) is 0.600. The van der Waals surface area contributed by atoms with Crippen LogP contribution in [0.3, 0.4) is 0 Å². The number of unbranched alkanes of at least 4 members (excludes halogenated alkanes) is 1. The van der Waals surface area contributed by atoms with Gasteiger partial charge in [0.25, 0.3) is 0 Å². The lowest BCUT2D eigenvalue weighted by Gasteiger charge is -2.15. The summed E-state index contributed by atoms with van der Waals surface area (Å²) in [4.78, 5) is 22.8. The second-order valence-electron chi connectivity index (χ2n) is 3.14. The molecule has 0 aromatic rings. The first-order valence-electron chi connectivity index (χ1n) is 4.78. The van der Waals surface area contributed by atoms with Crippen LogP contribution in [0.2, 0.25) is 0 Å². The average Bonchev–Trinajstić information content (AvgIpc) is 2.20. The molecule has 5 heteroatoms. The normalized spacial score (nSPS) is 9.40. The minimum absolute atomic E-state index is 0.134.